The van der Waals surface area contributed by atoms with Crippen molar-refractivity contribution < 1.29 is 0 Å². The van der Waals surface area contributed by atoms with Crippen LogP contribution in [0.3, 0.4) is 0 Å². The van der Waals surface area contributed by atoms with E-state index in [9.17, 15) is 0 Å². The second-order valence-corrected chi connectivity index (χ2v) is 4.58. The average Bonchev–Trinajstić information content (AvgIpc) is 2.40. The van der Waals surface area contributed by atoms with Gasteiger partial charge in [-0.3, -0.25) is 0 Å². The Bertz CT molecular complexity index is 354. The minimum Gasteiger partial charge on any atom is -0.103 e. The predicted octanol–water partition coefficient (Wildman–Crippen LogP) is 5.78. The Kier molecular flexibility index (Phi) is 7.63. The molecule has 1 aromatic carbocycles. The van der Waals surface area contributed by atoms with E-state index in [1.54, 1.807) is 5.57 Å². The highest BCUT2D eigenvalue weighted by atomic mass is 14.0. The molecule has 0 aliphatic heterocycles. The molecule has 1 aromatic rings. The lowest BCUT2D eigenvalue weighted by atomic mass is 9.99. The molecule has 1 rings (SSSR count). The maximum absolute atomic E-state index is 3.78. The fourth-order valence-electron chi connectivity index (χ4n) is 2.00. The first-order valence-corrected chi connectivity index (χ1v) is 6.83. The van der Waals surface area contributed by atoms with Crippen LogP contribution in [0.25, 0.3) is 6.08 Å². The summed E-state index contributed by atoms with van der Waals surface area (Å²) in [4.78, 5) is 0. The predicted molar refractivity (Wildman–Crippen MR) is 82.5 cm³/mol. The van der Waals surface area contributed by atoms with E-state index in [1.165, 1.54) is 31.2 Å². The Morgan fingerprint density at radius 3 is 1.94 bits per heavy atom. The molecule has 0 aromatic heterocycles. The van der Waals surface area contributed by atoms with Crippen LogP contribution in [-0.4, -0.2) is 0 Å². The SMILES string of the molecule is C=CCCCC(=Cc1ccccc1)CCCC=C. The Hall–Kier alpha value is -1.56. The lowest BCUT2D eigenvalue weighted by molar-refractivity contribution is 0.753. The molecule has 0 radical (unpaired) electrons. The van der Waals surface area contributed by atoms with Crippen molar-refractivity contribution in [3.8, 4) is 0 Å². The maximum atomic E-state index is 3.78. The molecule has 0 saturated heterocycles. The zero-order valence-corrected chi connectivity index (χ0v) is 11.3. The molecule has 0 atom stereocenters. The Balaban J connectivity index is 2.59. The molecule has 0 saturated carbocycles. The number of hydrogen-bond acceptors (Lipinski definition) is 0. The van der Waals surface area contributed by atoms with Crippen molar-refractivity contribution in [2.24, 2.45) is 0 Å². The maximum Gasteiger partial charge on any atom is -0.0257 e. The third-order valence-corrected chi connectivity index (χ3v) is 2.98. The van der Waals surface area contributed by atoms with Crippen LogP contribution in [0.2, 0.25) is 0 Å². The fourth-order valence-corrected chi connectivity index (χ4v) is 2.00. The summed E-state index contributed by atoms with van der Waals surface area (Å²) in [6, 6.07) is 10.6. The van der Waals surface area contributed by atoms with Crippen LogP contribution in [0.15, 0.2) is 61.2 Å². The molecule has 0 bridgehead atoms. The second-order valence-electron chi connectivity index (χ2n) is 4.58. The molecule has 18 heavy (non-hydrogen) atoms. The van der Waals surface area contributed by atoms with Crippen LogP contribution in [-0.2, 0) is 0 Å². The zero-order chi connectivity index (χ0) is 13.1. The average molecular weight is 240 g/mol. The van der Waals surface area contributed by atoms with Crippen LogP contribution < -0.4 is 0 Å². The number of allylic oxidation sites excluding steroid dienone is 3. The molecule has 0 heterocycles. The van der Waals surface area contributed by atoms with E-state index in [-0.39, 0.29) is 0 Å². The van der Waals surface area contributed by atoms with Crippen LogP contribution >= 0.6 is 0 Å². The van der Waals surface area contributed by atoms with Gasteiger partial charge >= 0.3 is 0 Å². The van der Waals surface area contributed by atoms with Crippen molar-refractivity contribution >= 4 is 6.08 Å². The van der Waals surface area contributed by atoms with Crippen molar-refractivity contribution in [3.63, 3.8) is 0 Å². The van der Waals surface area contributed by atoms with Crippen molar-refractivity contribution in [2.75, 3.05) is 0 Å². The van der Waals surface area contributed by atoms with Crippen LogP contribution in [0.4, 0.5) is 0 Å². The van der Waals surface area contributed by atoms with Gasteiger partial charge in [-0.1, -0.05) is 54.1 Å². The monoisotopic (exact) mass is 240 g/mol. The summed E-state index contributed by atoms with van der Waals surface area (Å²) >= 11 is 0. The van der Waals surface area contributed by atoms with Crippen molar-refractivity contribution in [3.05, 3.63) is 66.8 Å². The lowest BCUT2D eigenvalue weighted by Crippen LogP contribution is -1.86. The van der Waals surface area contributed by atoms with Gasteiger partial charge in [-0.05, 0) is 44.1 Å². The minimum absolute atomic E-state index is 1.10. The second kappa shape index (κ2) is 9.47. The normalized spacial score (nSPS) is 9.78. The molecule has 0 unspecified atom stereocenters. The molecule has 0 nitrogen and oxygen atoms in total. The number of benzene rings is 1. The molecule has 0 aliphatic carbocycles. The largest absolute Gasteiger partial charge is 0.103 e. The van der Waals surface area contributed by atoms with Gasteiger partial charge < -0.3 is 0 Å². The van der Waals surface area contributed by atoms with Gasteiger partial charge in [-0.2, -0.15) is 0 Å². The molecule has 0 heteroatoms. The van der Waals surface area contributed by atoms with E-state index in [2.05, 4.69) is 49.6 Å². The van der Waals surface area contributed by atoms with Crippen LogP contribution in [0, 0.1) is 0 Å². The third kappa shape index (κ3) is 6.24. The molecule has 0 N–H and O–H groups in total. The minimum atomic E-state index is 1.10. The molecule has 0 aliphatic rings. The van der Waals surface area contributed by atoms with E-state index >= 15 is 0 Å². The van der Waals surface area contributed by atoms with Gasteiger partial charge in [0.25, 0.3) is 0 Å². The summed E-state index contributed by atoms with van der Waals surface area (Å²) < 4.78 is 0. The van der Waals surface area contributed by atoms with Crippen molar-refractivity contribution in [1.82, 2.24) is 0 Å². The molecule has 0 fully saturated rings. The number of hydrogen-bond donors (Lipinski definition) is 0. The van der Waals surface area contributed by atoms with Crippen molar-refractivity contribution in [1.29, 1.82) is 0 Å². The number of unbranched alkanes of at least 4 members (excludes halogenated alkanes) is 2. The summed E-state index contributed by atoms with van der Waals surface area (Å²) in [5.74, 6) is 0. The van der Waals surface area contributed by atoms with Crippen LogP contribution in [0.1, 0.15) is 44.1 Å². The highest BCUT2D eigenvalue weighted by molar-refractivity contribution is 5.52. The summed E-state index contributed by atoms with van der Waals surface area (Å²) in [5.41, 5.74) is 2.86. The molecule has 0 spiro atoms. The lowest BCUT2D eigenvalue weighted by Gasteiger charge is -2.06. The van der Waals surface area contributed by atoms with E-state index in [4.69, 9.17) is 0 Å². The quantitative estimate of drug-likeness (QED) is 0.379. The number of rotatable bonds is 9. The smallest absolute Gasteiger partial charge is 0.0257 e. The zero-order valence-electron chi connectivity index (χ0n) is 11.3. The highest BCUT2D eigenvalue weighted by Gasteiger charge is 1.98. The Morgan fingerprint density at radius 2 is 1.44 bits per heavy atom. The standard InChI is InChI=1S/C18H24/c1-3-5-8-12-17(13-9-6-4-2)16-18-14-10-7-11-15-18/h3-4,7,10-11,14-16H,1-2,5-6,8-9,12-13H2. The molecule has 0 amide bonds. The van der Waals surface area contributed by atoms with E-state index in [0.29, 0.717) is 0 Å². The van der Waals surface area contributed by atoms with Gasteiger partial charge in [0.15, 0.2) is 0 Å². The summed E-state index contributed by atoms with van der Waals surface area (Å²) in [6.07, 6.45) is 13.3. The van der Waals surface area contributed by atoms with E-state index < -0.39 is 0 Å². The highest BCUT2D eigenvalue weighted by Crippen LogP contribution is 2.19. The fraction of sp³-hybridized carbons (Fsp3) is 0.333. The first-order valence-electron chi connectivity index (χ1n) is 6.83. The Labute approximate surface area is 112 Å². The van der Waals surface area contributed by atoms with Gasteiger partial charge in [0.2, 0.25) is 0 Å². The van der Waals surface area contributed by atoms with E-state index in [0.717, 1.165) is 12.8 Å². The molecular weight excluding hydrogens is 216 g/mol. The van der Waals surface area contributed by atoms with Gasteiger partial charge in [-0.25, -0.2) is 0 Å². The van der Waals surface area contributed by atoms with Gasteiger partial charge in [0.05, 0.1) is 0 Å². The summed E-state index contributed by atoms with van der Waals surface area (Å²) in [5, 5.41) is 0. The first kappa shape index (κ1) is 14.5. The van der Waals surface area contributed by atoms with Gasteiger partial charge in [-0.15, -0.1) is 13.2 Å². The third-order valence-electron chi connectivity index (χ3n) is 2.98. The topological polar surface area (TPSA) is 0 Å². The summed E-state index contributed by atoms with van der Waals surface area (Å²) in [7, 11) is 0. The summed E-state index contributed by atoms with van der Waals surface area (Å²) in [6.45, 7) is 7.57. The van der Waals surface area contributed by atoms with E-state index in [1.807, 2.05) is 12.2 Å². The first-order chi connectivity index (χ1) is 8.86. The van der Waals surface area contributed by atoms with Gasteiger partial charge in [0, 0.05) is 0 Å². The Morgan fingerprint density at radius 1 is 0.889 bits per heavy atom. The molecule has 96 valence electrons. The molecular formula is C18H24. The van der Waals surface area contributed by atoms with Crippen LogP contribution in [0.5, 0.6) is 0 Å². The van der Waals surface area contributed by atoms with Crippen molar-refractivity contribution in [2.45, 2.75) is 38.5 Å². The van der Waals surface area contributed by atoms with Gasteiger partial charge in [0.1, 0.15) is 0 Å².